The van der Waals surface area contributed by atoms with E-state index in [4.69, 9.17) is 10.7 Å². The van der Waals surface area contributed by atoms with Crippen molar-refractivity contribution in [2.24, 2.45) is 5.73 Å². The molecule has 1 fully saturated rings. The largest absolute Gasteiger partial charge is 0.352 e. The fraction of sp³-hybridized carbons (Fsp3) is 0.615. The molecule has 3 nitrogen and oxygen atoms in total. The zero-order chi connectivity index (χ0) is 11.0. The highest BCUT2D eigenvalue weighted by molar-refractivity contribution is 5.45. The number of fused-ring (bicyclic) bond motifs is 1. The van der Waals surface area contributed by atoms with Crippen LogP contribution in [0, 0.1) is 0 Å². The molecule has 16 heavy (non-hydrogen) atoms. The number of hydrogen-bond donors (Lipinski definition) is 1. The lowest BCUT2D eigenvalue weighted by Gasteiger charge is -2.25. The van der Waals surface area contributed by atoms with Gasteiger partial charge >= 0.3 is 0 Å². The van der Waals surface area contributed by atoms with Gasteiger partial charge in [-0.05, 0) is 43.7 Å². The molecular formula is C13H19N3. The fourth-order valence-corrected chi connectivity index (χ4v) is 2.95. The summed E-state index contributed by atoms with van der Waals surface area (Å²) in [7, 11) is 0. The lowest BCUT2D eigenvalue weighted by atomic mass is 10.2. The number of rotatable bonds is 2. The van der Waals surface area contributed by atoms with Crippen LogP contribution in [0.25, 0.3) is 0 Å². The van der Waals surface area contributed by atoms with Crippen molar-refractivity contribution in [3.8, 4) is 0 Å². The van der Waals surface area contributed by atoms with E-state index in [0.29, 0.717) is 6.04 Å². The van der Waals surface area contributed by atoms with Gasteiger partial charge in [-0.2, -0.15) is 0 Å². The summed E-state index contributed by atoms with van der Waals surface area (Å²) in [5, 5.41) is 0. The molecule has 0 bridgehead atoms. The van der Waals surface area contributed by atoms with E-state index >= 15 is 0 Å². The van der Waals surface area contributed by atoms with Gasteiger partial charge in [-0.15, -0.1) is 0 Å². The van der Waals surface area contributed by atoms with Gasteiger partial charge in [0, 0.05) is 24.8 Å². The highest BCUT2D eigenvalue weighted by atomic mass is 15.2. The predicted octanol–water partition coefficient (Wildman–Crippen LogP) is 1.50. The second-order valence-corrected chi connectivity index (χ2v) is 4.85. The molecule has 0 amide bonds. The molecule has 3 heteroatoms. The van der Waals surface area contributed by atoms with Crippen molar-refractivity contribution >= 4 is 5.82 Å². The minimum atomic E-state index is 0.506. The Kier molecular flexibility index (Phi) is 2.56. The first-order chi connectivity index (χ1) is 7.88. The van der Waals surface area contributed by atoms with Crippen molar-refractivity contribution in [1.29, 1.82) is 0 Å². The fourth-order valence-electron chi connectivity index (χ4n) is 2.95. The highest BCUT2D eigenvalue weighted by Crippen LogP contribution is 2.27. The van der Waals surface area contributed by atoms with Gasteiger partial charge in [-0.3, -0.25) is 0 Å². The Balaban J connectivity index is 1.89. The number of anilines is 1. The maximum atomic E-state index is 5.80. The van der Waals surface area contributed by atoms with E-state index in [1.807, 2.05) is 0 Å². The molecule has 1 aromatic rings. The lowest BCUT2D eigenvalue weighted by Crippen LogP contribution is -2.36. The SMILES string of the molecule is NCC1CCCN1c1ccc2c(n1)CCC2. The summed E-state index contributed by atoms with van der Waals surface area (Å²) in [6.45, 7) is 1.87. The zero-order valence-electron chi connectivity index (χ0n) is 9.65. The minimum Gasteiger partial charge on any atom is -0.352 e. The average Bonchev–Trinajstić information content (AvgIpc) is 2.96. The third-order valence-corrected chi connectivity index (χ3v) is 3.86. The molecule has 0 saturated carbocycles. The van der Waals surface area contributed by atoms with E-state index < -0.39 is 0 Å². The van der Waals surface area contributed by atoms with Crippen LogP contribution in [-0.2, 0) is 12.8 Å². The van der Waals surface area contributed by atoms with Gasteiger partial charge in [-0.1, -0.05) is 6.07 Å². The van der Waals surface area contributed by atoms with Gasteiger partial charge in [0.25, 0.3) is 0 Å². The first kappa shape index (κ1) is 10.1. The molecule has 0 aromatic carbocycles. The first-order valence-electron chi connectivity index (χ1n) is 6.34. The van der Waals surface area contributed by atoms with Crippen molar-refractivity contribution in [1.82, 2.24) is 4.98 Å². The van der Waals surface area contributed by atoms with Crippen molar-refractivity contribution in [2.45, 2.75) is 38.1 Å². The molecule has 1 unspecified atom stereocenters. The van der Waals surface area contributed by atoms with Crippen LogP contribution in [0.3, 0.4) is 0 Å². The summed E-state index contributed by atoms with van der Waals surface area (Å²) in [6, 6.07) is 4.95. The normalized spacial score (nSPS) is 23.8. The van der Waals surface area contributed by atoms with E-state index in [2.05, 4.69) is 17.0 Å². The third kappa shape index (κ3) is 1.59. The van der Waals surface area contributed by atoms with Crippen LogP contribution in [0.15, 0.2) is 12.1 Å². The second kappa shape index (κ2) is 4.06. The monoisotopic (exact) mass is 217 g/mol. The summed E-state index contributed by atoms with van der Waals surface area (Å²) >= 11 is 0. The smallest absolute Gasteiger partial charge is 0.129 e. The van der Waals surface area contributed by atoms with Crippen LogP contribution in [0.4, 0.5) is 5.82 Å². The van der Waals surface area contributed by atoms with Gasteiger partial charge in [0.2, 0.25) is 0 Å². The summed E-state index contributed by atoms with van der Waals surface area (Å²) < 4.78 is 0. The summed E-state index contributed by atoms with van der Waals surface area (Å²) in [6.07, 6.45) is 6.11. The topological polar surface area (TPSA) is 42.1 Å². The molecule has 86 valence electrons. The molecular weight excluding hydrogens is 198 g/mol. The molecule has 1 aromatic heterocycles. The van der Waals surface area contributed by atoms with Gasteiger partial charge in [0.05, 0.1) is 0 Å². The lowest BCUT2D eigenvalue weighted by molar-refractivity contribution is 0.670. The number of hydrogen-bond acceptors (Lipinski definition) is 3. The number of nitrogens with two attached hydrogens (primary N) is 1. The Bertz CT molecular complexity index is 389. The van der Waals surface area contributed by atoms with Gasteiger partial charge in [-0.25, -0.2) is 4.98 Å². The molecule has 0 radical (unpaired) electrons. The van der Waals surface area contributed by atoms with Crippen LogP contribution in [0.2, 0.25) is 0 Å². The molecule has 2 N–H and O–H groups in total. The summed E-state index contributed by atoms with van der Waals surface area (Å²) in [5.41, 5.74) is 8.58. The van der Waals surface area contributed by atoms with Crippen LogP contribution < -0.4 is 10.6 Å². The molecule has 1 saturated heterocycles. The first-order valence-corrected chi connectivity index (χ1v) is 6.34. The van der Waals surface area contributed by atoms with E-state index in [1.165, 1.54) is 36.9 Å². The van der Waals surface area contributed by atoms with Crippen LogP contribution in [-0.4, -0.2) is 24.1 Å². The van der Waals surface area contributed by atoms with E-state index in [9.17, 15) is 0 Å². The Morgan fingerprint density at radius 3 is 3.12 bits per heavy atom. The molecule has 2 heterocycles. The number of aryl methyl sites for hydroxylation is 2. The maximum absolute atomic E-state index is 5.80. The molecule has 1 atom stereocenters. The van der Waals surface area contributed by atoms with Crippen LogP contribution >= 0.6 is 0 Å². The molecule has 3 rings (SSSR count). The predicted molar refractivity (Wildman–Crippen MR) is 65.7 cm³/mol. The van der Waals surface area contributed by atoms with Gasteiger partial charge in [0.1, 0.15) is 5.82 Å². The van der Waals surface area contributed by atoms with Crippen molar-refractivity contribution in [3.63, 3.8) is 0 Å². The Labute approximate surface area is 96.7 Å². The van der Waals surface area contributed by atoms with Crippen LogP contribution in [0.1, 0.15) is 30.5 Å². The van der Waals surface area contributed by atoms with Gasteiger partial charge in [0.15, 0.2) is 0 Å². The van der Waals surface area contributed by atoms with E-state index in [0.717, 1.165) is 25.3 Å². The average molecular weight is 217 g/mol. The van der Waals surface area contributed by atoms with E-state index in [-0.39, 0.29) is 0 Å². The molecule has 0 spiro atoms. The number of nitrogens with zero attached hydrogens (tertiary/aromatic N) is 2. The van der Waals surface area contributed by atoms with Crippen LogP contribution in [0.5, 0.6) is 0 Å². The van der Waals surface area contributed by atoms with Crippen molar-refractivity contribution in [3.05, 3.63) is 23.4 Å². The number of aromatic nitrogens is 1. The Morgan fingerprint density at radius 1 is 1.31 bits per heavy atom. The second-order valence-electron chi connectivity index (χ2n) is 4.85. The molecule has 2 aliphatic rings. The van der Waals surface area contributed by atoms with Gasteiger partial charge < -0.3 is 10.6 Å². The third-order valence-electron chi connectivity index (χ3n) is 3.86. The Morgan fingerprint density at radius 2 is 2.25 bits per heavy atom. The Hall–Kier alpha value is -1.09. The molecule has 1 aliphatic carbocycles. The summed E-state index contributed by atoms with van der Waals surface area (Å²) in [4.78, 5) is 7.19. The van der Waals surface area contributed by atoms with Crippen molar-refractivity contribution < 1.29 is 0 Å². The number of pyridine rings is 1. The van der Waals surface area contributed by atoms with Crippen molar-refractivity contribution in [2.75, 3.05) is 18.0 Å². The standard InChI is InChI=1S/C13H19N3/c14-9-11-4-2-8-16(11)13-7-6-10-3-1-5-12(10)15-13/h6-7,11H,1-5,8-9,14H2. The van der Waals surface area contributed by atoms with E-state index in [1.54, 1.807) is 0 Å². The highest BCUT2D eigenvalue weighted by Gasteiger charge is 2.25. The minimum absolute atomic E-state index is 0.506. The summed E-state index contributed by atoms with van der Waals surface area (Å²) in [5.74, 6) is 1.15. The molecule has 1 aliphatic heterocycles. The zero-order valence-corrected chi connectivity index (χ0v) is 9.65. The maximum Gasteiger partial charge on any atom is 0.129 e. The quantitative estimate of drug-likeness (QED) is 0.816.